The average molecular weight is 377 g/mol. The van der Waals surface area contributed by atoms with Crippen LogP contribution in [0, 0.1) is 5.92 Å². The fraction of sp³-hybridized carbons (Fsp3) is 0.600. The summed E-state index contributed by atoms with van der Waals surface area (Å²) in [5, 5.41) is 6.15. The van der Waals surface area contributed by atoms with Crippen LogP contribution in [0.3, 0.4) is 0 Å². The number of aliphatic imine (C=N–C) groups is 1. The number of guanidine groups is 1. The molecule has 0 bridgehead atoms. The van der Waals surface area contributed by atoms with E-state index in [1.54, 1.807) is 21.3 Å². The fourth-order valence-corrected chi connectivity index (χ4v) is 3.43. The second-order valence-electron chi connectivity index (χ2n) is 6.71. The van der Waals surface area contributed by atoms with Crippen molar-refractivity contribution in [2.75, 3.05) is 47.9 Å². The molecular formula is C20H32N4O3. The largest absolute Gasteiger partial charge is 0.497 e. The van der Waals surface area contributed by atoms with E-state index in [-0.39, 0.29) is 5.91 Å². The number of nitrogens with one attached hydrogen (secondary N) is 2. The van der Waals surface area contributed by atoms with Crippen molar-refractivity contribution in [1.29, 1.82) is 0 Å². The third kappa shape index (κ3) is 6.05. The Balaban J connectivity index is 1.84. The number of methoxy groups -OCH3 is 2. The van der Waals surface area contributed by atoms with Gasteiger partial charge in [-0.05, 0) is 48.9 Å². The Bertz CT molecular complexity index is 640. The Morgan fingerprint density at radius 3 is 2.59 bits per heavy atom. The minimum Gasteiger partial charge on any atom is -0.497 e. The lowest BCUT2D eigenvalue weighted by atomic mass is 9.93. The quantitative estimate of drug-likeness (QED) is 0.559. The molecule has 1 saturated heterocycles. The number of carbonyl (C=O) groups is 1. The summed E-state index contributed by atoms with van der Waals surface area (Å²) in [4.78, 5) is 18.2. The molecule has 27 heavy (non-hydrogen) atoms. The first-order valence-corrected chi connectivity index (χ1v) is 9.48. The summed E-state index contributed by atoms with van der Waals surface area (Å²) in [5.41, 5.74) is 1.10. The molecule has 1 aromatic carbocycles. The summed E-state index contributed by atoms with van der Waals surface area (Å²) in [5.74, 6) is 3.19. The molecule has 0 saturated carbocycles. The standard InChI is InChI=1S/C20H32N4O3/c1-21-19(25)13-15-8-11-24(12-9-15)20(22-2)23-10-7-16-14-17(26-3)5-6-18(16)27-4/h5-6,14-15H,7-13H2,1-4H3,(H,21,25)(H,22,23). The van der Waals surface area contributed by atoms with Crippen molar-refractivity contribution in [3.63, 3.8) is 0 Å². The maximum absolute atomic E-state index is 11.5. The predicted octanol–water partition coefficient (Wildman–Crippen LogP) is 1.67. The molecule has 1 amide bonds. The van der Waals surface area contributed by atoms with E-state index in [1.807, 2.05) is 25.2 Å². The van der Waals surface area contributed by atoms with E-state index < -0.39 is 0 Å². The number of hydrogen-bond acceptors (Lipinski definition) is 4. The van der Waals surface area contributed by atoms with Gasteiger partial charge in [-0.1, -0.05) is 0 Å². The Hall–Kier alpha value is -2.44. The van der Waals surface area contributed by atoms with Crippen molar-refractivity contribution in [1.82, 2.24) is 15.5 Å². The first-order valence-electron chi connectivity index (χ1n) is 9.48. The summed E-state index contributed by atoms with van der Waals surface area (Å²) in [6.45, 7) is 2.60. The number of piperidine rings is 1. The zero-order chi connectivity index (χ0) is 19.6. The van der Waals surface area contributed by atoms with E-state index >= 15 is 0 Å². The van der Waals surface area contributed by atoms with Crippen LogP contribution in [0.5, 0.6) is 11.5 Å². The SMILES string of the molecule is CN=C(NCCc1cc(OC)ccc1OC)N1CCC(CC(=O)NC)CC1. The first kappa shape index (κ1) is 20.9. The second-order valence-corrected chi connectivity index (χ2v) is 6.71. The molecule has 0 aromatic heterocycles. The van der Waals surface area contributed by atoms with E-state index in [2.05, 4.69) is 20.5 Å². The molecule has 1 heterocycles. The number of amides is 1. The molecule has 2 N–H and O–H groups in total. The number of ether oxygens (including phenoxy) is 2. The van der Waals surface area contributed by atoms with E-state index in [1.165, 1.54) is 0 Å². The van der Waals surface area contributed by atoms with Crippen LogP contribution in [0.2, 0.25) is 0 Å². The second kappa shape index (κ2) is 10.6. The van der Waals surface area contributed by atoms with Crippen LogP contribution < -0.4 is 20.1 Å². The fourth-order valence-electron chi connectivity index (χ4n) is 3.43. The topological polar surface area (TPSA) is 75.2 Å². The molecule has 2 rings (SSSR count). The Kier molecular flexibility index (Phi) is 8.23. The average Bonchev–Trinajstić information content (AvgIpc) is 2.71. The maximum Gasteiger partial charge on any atom is 0.220 e. The zero-order valence-corrected chi connectivity index (χ0v) is 16.9. The molecule has 0 unspecified atom stereocenters. The number of likely N-dealkylation sites (tertiary alicyclic amines) is 1. The smallest absolute Gasteiger partial charge is 0.220 e. The molecule has 0 radical (unpaired) electrons. The summed E-state index contributed by atoms with van der Waals surface area (Å²) >= 11 is 0. The highest BCUT2D eigenvalue weighted by molar-refractivity contribution is 5.80. The number of carbonyl (C=O) groups excluding carboxylic acids is 1. The van der Waals surface area contributed by atoms with Gasteiger partial charge in [0, 0.05) is 40.2 Å². The van der Waals surface area contributed by atoms with Crippen molar-refractivity contribution < 1.29 is 14.3 Å². The minimum absolute atomic E-state index is 0.128. The Labute approximate surface area is 162 Å². The van der Waals surface area contributed by atoms with Crippen LogP contribution in [0.1, 0.15) is 24.8 Å². The molecule has 1 aliphatic rings. The normalized spacial score (nSPS) is 15.4. The molecule has 1 aliphatic heterocycles. The van der Waals surface area contributed by atoms with Crippen LogP contribution in [-0.4, -0.2) is 64.7 Å². The van der Waals surface area contributed by atoms with Gasteiger partial charge < -0.3 is 25.0 Å². The summed E-state index contributed by atoms with van der Waals surface area (Å²) in [6, 6.07) is 5.84. The molecule has 0 spiro atoms. The number of nitrogens with zero attached hydrogens (tertiary/aromatic N) is 2. The van der Waals surface area contributed by atoms with Gasteiger partial charge in [-0.25, -0.2) is 0 Å². The highest BCUT2D eigenvalue weighted by Crippen LogP contribution is 2.24. The first-order chi connectivity index (χ1) is 13.1. The maximum atomic E-state index is 11.5. The number of rotatable bonds is 7. The van der Waals surface area contributed by atoms with Gasteiger partial charge in [-0.15, -0.1) is 0 Å². The lowest BCUT2D eigenvalue weighted by Crippen LogP contribution is -2.46. The highest BCUT2D eigenvalue weighted by atomic mass is 16.5. The summed E-state index contributed by atoms with van der Waals surface area (Å²) < 4.78 is 10.7. The molecular weight excluding hydrogens is 344 g/mol. The minimum atomic E-state index is 0.128. The van der Waals surface area contributed by atoms with Crippen LogP contribution in [0.15, 0.2) is 23.2 Å². The Morgan fingerprint density at radius 1 is 1.26 bits per heavy atom. The number of benzene rings is 1. The molecule has 7 nitrogen and oxygen atoms in total. The molecule has 7 heteroatoms. The lowest BCUT2D eigenvalue weighted by molar-refractivity contribution is -0.121. The molecule has 1 aromatic rings. The summed E-state index contributed by atoms with van der Waals surface area (Å²) in [6.07, 6.45) is 3.45. The van der Waals surface area contributed by atoms with Crippen molar-refractivity contribution in [2.45, 2.75) is 25.7 Å². The van der Waals surface area contributed by atoms with Gasteiger partial charge in [0.2, 0.25) is 5.91 Å². The van der Waals surface area contributed by atoms with Gasteiger partial charge in [0.05, 0.1) is 14.2 Å². The molecule has 1 fully saturated rings. The van der Waals surface area contributed by atoms with E-state index in [0.29, 0.717) is 12.3 Å². The molecule has 0 atom stereocenters. The third-order valence-electron chi connectivity index (χ3n) is 5.04. The van der Waals surface area contributed by atoms with E-state index in [0.717, 1.165) is 61.9 Å². The van der Waals surface area contributed by atoms with Gasteiger partial charge in [-0.3, -0.25) is 9.79 Å². The monoisotopic (exact) mass is 376 g/mol. The zero-order valence-electron chi connectivity index (χ0n) is 16.9. The predicted molar refractivity (Wildman–Crippen MR) is 108 cm³/mol. The van der Waals surface area contributed by atoms with Crippen LogP contribution >= 0.6 is 0 Å². The van der Waals surface area contributed by atoms with Gasteiger partial charge in [-0.2, -0.15) is 0 Å². The van der Waals surface area contributed by atoms with Gasteiger partial charge in [0.1, 0.15) is 11.5 Å². The van der Waals surface area contributed by atoms with Crippen molar-refractivity contribution in [3.05, 3.63) is 23.8 Å². The van der Waals surface area contributed by atoms with Gasteiger partial charge in [0.15, 0.2) is 5.96 Å². The van der Waals surface area contributed by atoms with Crippen LogP contribution in [-0.2, 0) is 11.2 Å². The van der Waals surface area contributed by atoms with Gasteiger partial charge in [0.25, 0.3) is 0 Å². The molecule has 0 aliphatic carbocycles. The molecule has 150 valence electrons. The Morgan fingerprint density at radius 2 is 2.00 bits per heavy atom. The van der Waals surface area contributed by atoms with Crippen molar-refractivity contribution >= 4 is 11.9 Å². The van der Waals surface area contributed by atoms with Crippen LogP contribution in [0.4, 0.5) is 0 Å². The van der Waals surface area contributed by atoms with E-state index in [4.69, 9.17) is 9.47 Å². The van der Waals surface area contributed by atoms with Gasteiger partial charge >= 0.3 is 0 Å². The van der Waals surface area contributed by atoms with Crippen LogP contribution in [0.25, 0.3) is 0 Å². The highest BCUT2D eigenvalue weighted by Gasteiger charge is 2.23. The van der Waals surface area contributed by atoms with Crippen molar-refractivity contribution in [2.24, 2.45) is 10.9 Å². The van der Waals surface area contributed by atoms with E-state index in [9.17, 15) is 4.79 Å². The lowest BCUT2D eigenvalue weighted by Gasteiger charge is -2.34. The van der Waals surface area contributed by atoms with Crippen molar-refractivity contribution in [3.8, 4) is 11.5 Å². The summed E-state index contributed by atoms with van der Waals surface area (Å²) in [7, 11) is 6.85. The third-order valence-corrected chi connectivity index (χ3v) is 5.04. The number of hydrogen-bond donors (Lipinski definition) is 2.